The lowest BCUT2D eigenvalue weighted by atomic mass is 10.2. The molecule has 0 spiro atoms. The standard InChI is InChI=1S/C18H18ClN3O5S/c1-2-26-9-10-27-16-6-4-3-5-13(16)17(23)21-18(28)20-14-8-7-12(19)11-15(14)22(24)25/h3-8,11H,2,9-10H2,1H3,(H2,20,21,23,28). The summed E-state index contributed by atoms with van der Waals surface area (Å²) >= 11 is 10.9. The summed E-state index contributed by atoms with van der Waals surface area (Å²) in [6.07, 6.45) is 0. The van der Waals surface area contributed by atoms with E-state index in [0.29, 0.717) is 19.0 Å². The van der Waals surface area contributed by atoms with E-state index in [-0.39, 0.29) is 33.7 Å². The molecule has 0 unspecified atom stereocenters. The molecular weight excluding hydrogens is 406 g/mol. The number of hydrogen-bond acceptors (Lipinski definition) is 6. The highest BCUT2D eigenvalue weighted by Gasteiger charge is 2.18. The summed E-state index contributed by atoms with van der Waals surface area (Å²) < 4.78 is 10.8. The van der Waals surface area contributed by atoms with Gasteiger partial charge in [-0.15, -0.1) is 0 Å². The first-order chi connectivity index (χ1) is 13.4. The molecule has 0 aliphatic heterocycles. The van der Waals surface area contributed by atoms with Gasteiger partial charge in [-0.25, -0.2) is 0 Å². The number of para-hydroxylation sites is 1. The molecule has 28 heavy (non-hydrogen) atoms. The number of amides is 1. The fourth-order valence-corrected chi connectivity index (χ4v) is 2.59. The van der Waals surface area contributed by atoms with Gasteiger partial charge in [0.1, 0.15) is 18.0 Å². The molecule has 8 nitrogen and oxygen atoms in total. The molecule has 2 aromatic carbocycles. The van der Waals surface area contributed by atoms with Crippen LogP contribution in [0.4, 0.5) is 11.4 Å². The third-order valence-electron chi connectivity index (χ3n) is 3.45. The monoisotopic (exact) mass is 423 g/mol. The number of hydrogen-bond donors (Lipinski definition) is 2. The van der Waals surface area contributed by atoms with Gasteiger partial charge in [0.2, 0.25) is 0 Å². The van der Waals surface area contributed by atoms with Crippen molar-refractivity contribution in [1.29, 1.82) is 0 Å². The van der Waals surface area contributed by atoms with Crippen LogP contribution in [0.25, 0.3) is 0 Å². The van der Waals surface area contributed by atoms with Crippen molar-refractivity contribution in [2.75, 3.05) is 25.1 Å². The van der Waals surface area contributed by atoms with E-state index in [0.717, 1.165) is 0 Å². The second-order valence-electron chi connectivity index (χ2n) is 5.37. The molecule has 0 heterocycles. The Morgan fingerprint density at radius 1 is 1.25 bits per heavy atom. The Kier molecular flexibility index (Phi) is 8.12. The number of anilines is 1. The molecule has 0 aromatic heterocycles. The molecule has 1 amide bonds. The third-order valence-corrected chi connectivity index (χ3v) is 3.89. The minimum Gasteiger partial charge on any atom is -0.490 e. The molecule has 0 aliphatic rings. The molecule has 148 valence electrons. The predicted octanol–water partition coefficient (Wildman–Crippen LogP) is 3.79. The average molecular weight is 424 g/mol. The minimum absolute atomic E-state index is 0.0976. The van der Waals surface area contributed by atoms with Gasteiger partial charge in [0, 0.05) is 17.7 Å². The Bertz CT molecular complexity index is 878. The van der Waals surface area contributed by atoms with Crippen molar-refractivity contribution in [3.8, 4) is 5.75 Å². The van der Waals surface area contributed by atoms with E-state index in [2.05, 4.69) is 10.6 Å². The van der Waals surface area contributed by atoms with Crippen LogP contribution in [0.2, 0.25) is 5.02 Å². The summed E-state index contributed by atoms with van der Waals surface area (Å²) in [5, 5.41) is 16.4. The number of nitro benzene ring substituents is 1. The first kappa shape index (κ1) is 21.5. The third kappa shape index (κ3) is 6.15. The Balaban J connectivity index is 2.05. The lowest BCUT2D eigenvalue weighted by Crippen LogP contribution is -2.34. The predicted molar refractivity (Wildman–Crippen MR) is 110 cm³/mol. The second-order valence-corrected chi connectivity index (χ2v) is 6.21. The van der Waals surface area contributed by atoms with Gasteiger partial charge in [0.15, 0.2) is 5.11 Å². The summed E-state index contributed by atoms with van der Waals surface area (Å²) in [5.41, 5.74) is 0.124. The van der Waals surface area contributed by atoms with Crippen molar-refractivity contribution >= 4 is 46.2 Å². The van der Waals surface area contributed by atoms with Gasteiger partial charge in [0.25, 0.3) is 11.6 Å². The molecule has 2 rings (SSSR count). The topological polar surface area (TPSA) is 103 Å². The van der Waals surface area contributed by atoms with Crippen molar-refractivity contribution < 1.29 is 19.2 Å². The van der Waals surface area contributed by atoms with Crippen LogP contribution in [-0.4, -0.2) is 35.8 Å². The molecule has 0 atom stereocenters. The van der Waals surface area contributed by atoms with Crippen molar-refractivity contribution in [2.45, 2.75) is 6.92 Å². The highest BCUT2D eigenvalue weighted by molar-refractivity contribution is 7.80. The first-order valence-electron chi connectivity index (χ1n) is 8.28. The van der Waals surface area contributed by atoms with Crippen LogP contribution < -0.4 is 15.4 Å². The number of rotatable bonds is 8. The van der Waals surface area contributed by atoms with E-state index in [9.17, 15) is 14.9 Å². The molecule has 0 radical (unpaired) electrons. The van der Waals surface area contributed by atoms with Gasteiger partial charge < -0.3 is 14.8 Å². The fraction of sp³-hybridized carbons (Fsp3) is 0.222. The highest BCUT2D eigenvalue weighted by atomic mass is 35.5. The number of nitro groups is 1. The van der Waals surface area contributed by atoms with Crippen molar-refractivity contribution in [3.63, 3.8) is 0 Å². The van der Waals surface area contributed by atoms with Crippen molar-refractivity contribution in [1.82, 2.24) is 5.32 Å². The molecule has 2 N–H and O–H groups in total. The first-order valence-corrected chi connectivity index (χ1v) is 9.06. The van der Waals surface area contributed by atoms with Crippen LogP contribution in [-0.2, 0) is 4.74 Å². The maximum absolute atomic E-state index is 12.5. The summed E-state index contributed by atoms with van der Waals surface area (Å²) in [5.74, 6) is -0.138. The van der Waals surface area contributed by atoms with E-state index in [4.69, 9.17) is 33.3 Å². The molecule has 0 saturated heterocycles. The van der Waals surface area contributed by atoms with Crippen molar-refractivity contribution in [3.05, 3.63) is 63.2 Å². The van der Waals surface area contributed by atoms with Gasteiger partial charge in [-0.1, -0.05) is 23.7 Å². The molecule has 0 saturated carbocycles. The largest absolute Gasteiger partial charge is 0.490 e. The van der Waals surface area contributed by atoms with E-state index < -0.39 is 10.8 Å². The minimum atomic E-state index is -0.597. The summed E-state index contributed by atoms with van der Waals surface area (Å²) in [7, 11) is 0. The fourth-order valence-electron chi connectivity index (χ4n) is 2.22. The zero-order chi connectivity index (χ0) is 20.5. The Morgan fingerprint density at radius 2 is 2.00 bits per heavy atom. The van der Waals surface area contributed by atoms with E-state index in [1.54, 1.807) is 24.3 Å². The lowest BCUT2D eigenvalue weighted by molar-refractivity contribution is -0.383. The Morgan fingerprint density at radius 3 is 2.71 bits per heavy atom. The van der Waals surface area contributed by atoms with Crippen LogP contribution in [0.15, 0.2) is 42.5 Å². The van der Waals surface area contributed by atoms with E-state index >= 15 is 0 Å². The average Bonchev–Trinajstić information content (AvgIpc) is 2.66. The normalized spacial score (nSPS) is 10.2. The maximum atomic E-state index is 12.5. The van der Waals surface area contributed by atoms with E-state index in [1.807, 2.05) is 6.92 Å². The number of ether oxygens (including phenoxy) is 2. The van der Waals surface area contributed by atoms with Crippen molar-refractivity contribution in [2.24, 2.45) is 0 Å². The number of nitrogens with zero attached hydrogens (tertiary/aromatic N) is 1. The zero-order valence-electron chi connectivity index (χ0n) is 14.9. The van der Waals surface area contributed by atoms with Gasteiger partial charge >= 0.3 is 0 Å². The van der Waals surface area contributed by atoms with Gasteiger partial charge in [-0.2, -0.15) is 0 Å². The number of nitrogens with one attached hydrogen (secondary N) is 2. The second kappa shape index (κ2) is 10.5. The lowest BCUT2D eigenvalue weighted by Gasteiger charge is -2.13. The maximum Gasteiger partial charge on any atom is 0.294 e. The number of halogens is 1. The molecular formula is C18H18ClN3O5S. The number of carbonyl (C=O) groups excluding carboxylic acids is 1. The summed E-state index contributed by atoms with van der Waals surface area (Å²) in [6, 6.07) is 10.7. The Hall–Kier alpha value is -2.75. The Labute approximate surface area is 171 Å². The van der Waals surface area contributed by atoms with Crippen LogP contribution in [0, 0.1) is 10.1 Å². The van der Waals surface area contributed by atoms with Gasteiger partial charge in [-0.05, 0) is 43.4 Å². The summed E-state index contributed by atoms with van der Waals surface area (Å²) in [4.78, 5) is 23.1. The SMILES string of the molecule is CCOCCOc1ccccc1C(=O)NC(=S)Nc1ccc(Cl)cc1[N+](=O)[O-]. The van der Waals surface area contributed by atoms with Gasteiger partial charge in [0.05, 0.1) is 17.1 Å². The van der Waals surface area contributed by atoms with Gasteiger partial charge in [-0.3, -0.25) is 20.2 Å². The molecule has 0 aliphatic carbocycles. The zero-order valence-corrected chi connectivity index (χ0v) is 16.5. The van der Waals surface area contributed by atoms with E-state index in [1.165, 1.54) is 18.2 Å². The number of thiocarbonyl (C=S) groups is 1. The number of benzene rings is 2. The highest BCUT2D eigenvalue weighted by Crippen LogP contribution is 2.27. The van der Waals surface area contributed by atoms with Crippen LogP contribution in [0.5, 0.6) is 5.75 Å². The van der Waals surface area contributed by atoms with Crippen LogP contribution in [0.1, 0.15) is 17.3 Å². The number of carbonyl (C=O) groups is 1. The molecule has 0 fully saturated rings. The smallest absolute Gasteiger partial charge is 0.294 e. The molecule has 0 bridgehead atoms. The summed E-state index contributed by atoms with van der Waals surface area (Å²) in [6.45, 7) is 3.13. The van der Waals surface area contributed by atoms with Crippen LogP contribution in [0.3, 0.4) is 0 Å². The molecule has 10 heteroatoms. The van der Waals surface area contributed by atoms with Crippen LogP contribution >= 0.6 is 23.8 Å². The quantitative estimate of drug-likeness (QED) is 0.288. The molecule has 2 aromatic rings.